The molecule has 96 valence electrons. The van der Waals surface area contributed by atoms with Crippen molar-refractivity contribution in [1.29, 1.82) is 0 Å². The molecule has 3 rings (SSSR count). The Morgan fingerprint density at radius 2 is 2.47 bits per heavy atom. The number of aromatic nitrogens is 7. The van der Waals surface area contributed by atoms with Gasteiger partial charge in [-0.1, -0.05) is 0 Å². The highest BCUT2D eigenvalue weighted by molar-refractivity contribution is 5.88. The lowest BCUT2D eigenvalue weighted by Crippen LogP contribution is -2.21. The molecule has 3 aromatic rings. The van der Waals surface area contributed by atoms with Crippen molar-refractivity contribution in [2.75, 3.05) is 5.32 Å². The van der Waals surface area contributed by atoms with Gasteiger partial charge in [0.25, 0.3) is 0 Å². The standard InChI is InChI=1S/C9H8N8O2/c18-7(12-9-10-5-11-14-9)4-17-15-8(13-16-17)6-2-1-3-19-6/h1-3,5H,4H2,(H2,10,11,12,14,18). The molecule has 2 N–H and O–H groups in total. The van der Waals surface area contributed by atoms with Gasteiger partial charge in [0.1, 0.15) is 12.9 Å². The van der Waals surface area contributed by atoms with E-state index in [0.29, 0.717) is 11.6 Å². The number of carbonyl (C=O) groups is 1. The fourth-order valence-corrected chi connectivity index (χ4v) is 1.38. The SMILES string of the molecule is O=C(Cn1nnc(-c2ccco2)n1)Nc1ncn[nH]1. The summed E-state index contributed by atoms with van der Waals surface area (Å²) in [4.78, 5) is 16.5. The fraction of sp³-hybridized carbons (Fsp3) is 0.111. The van der Waals surface area contributed by atoms with Crippen molar-refractivity contribution in [2.24, 2.45) is 0 Å². The highest BCUT2D eigenvalue weighted by Crippen LogP contribution is 2.12. The molecule has 3 heterocycles. The van der Waals surface area contributed by atoms with Gasteiger partial charge in [0, 0.05) is 0 Å². The predicted molar refractivity (Wildman–Crippen MR) is 60.5 cm³/mol. The maximum absolute atomic E-state index is 11.6. The molecule has 0 unspecified atom stereocenters. The zero-order chi connectivity index (χ0) is 13.1. The van der Waals surface area contributed by atoms with E-state index in [1.54, 1.807) is 12.1 Å². The molecule has 0 spiro atoms. The van der Waals surface area contributed by atoms with E-state index in [4.69, 9.17) is 4.42 Å². The number of furan rings is 1. The summed E-state index contributed by atoms with van der Waals surface area (Å²) >= 11 is 0. The lowest BCUT2D eigenvalue weighted by molar-refractivity contribution is -0.117. The van der Waals surface area contributed by atoms with Gasteiger partial charge in [0.2, 0.25) is 17.7 Å². The van der Waals surface area contributed by atoms with Crippen LogP contribution in [0.15, 0.2) is 29.1 Å². The number of H-pyrrole nitrogens is 1. The molecular formula is C9H8N8O2. The van der Waals surface area contributed by atoms with E-state index in [1.807, 2.05) is 0 Å². The molecule has 0 radical (unpaired) electrons. The average Bonchev–Trinajstić information content (AvgIpc) is 3.09. The molecule has 3 aromatic heterocycles. The van der Waals surface area contributed by atoms with E-state index >= 15 is 0 Å². The molecule has 0 fully saturated rings. The first-order chi connectivity index (χ1) is 9.31. The van der Waals surface area contributed by atoms with Crippen molar-refractivity contribution in [2.45, 2.75) is 6.54 Å². The summed E-state index contributed by atoms with van der Waals surface area (Å²) < 4.78 is 5.12. The Morgan fingerprint density at radius 3 is 3.21 bits per heavy atom. The number of carbonyl (C=O) groups excluding carboxylic acids is 1. The first kappa shape index (κ1) is 11.1. The third-order valence-electron chi connectivity index (χ3n) is 2.15. The molecule has 19 heavy (non-hydrogen) atoms. The lowest BCUT2D eigenvalue weighted by Gasteiger charge is -1.98. The zero-order valence-corrected chi connectivity index (χ0v) is 9.52. The molecular weight excluding hydrogens is 252 g/mol. The van der Waals surface area contributed by atoms with Crippen molar-refractivity contribution < 1.29 is 9.21 Å². The monoisotopic (exact) mass is 260 g/mol. The van der Waals surface area contributed by atoms with E-state index in [9.17, 15) is 4.79 Å². The first-order valence-electron chi connectivity index (χ1n) is 5.28. The van der Waals surface area contributed by atoms with Crippen LogP contribution in [0.1, 0.15) is 0 Å². The second-order valence-electron chi connectivity index (χ2n) is 3.50. The lowest BCUT2D eigenvalue weighted by atomic mass is 10.4. The van der Waals surface area contributed by atoms with Gasteiger partial charge in [0.15, 0.2) is 5.76 Å². The van der Waals surface area contributed by atoms with Gasteiger partial charge >= 0.3 is 0 Å². The zero-order valence-electron chi connectivity index (χ0n) is 9.52. The van der Waals surface area contributed by atoms with Crippen LogP contribution in [-0.2, 0) is 11.3 Å². The van der Waals surface area contributed by atoms with Crippen LogP contribution in [0.5, 0.6) is 0 Å². The quantitative estimate of drug-likeness (QED) is 0.658. The van der Waals surface area contributed by atoms with E-state index in [2.05, 4.69) is 35.9 Å². The minimum Gasteiger partial charge on any atom is -0.461 e. The third-order valence-corrected chi connectivity index (χ3v) is 2.15. The van der Waals surface area contributed by atoms with Crippen LogP contribution in [0.25, 0.3) is 11.6 Å². The second-order valence-corrected chi connectivity index (χ2v) is 3.50. The number of aromatic amines is 1. The van der Waals surface area contributed by atoms with Crippen molar-refractivity contribution in [3.63, 3.8) is 0 Å². The van der Waals surface area contributed by atoms with Crippen molar-refractivity contribution in [3.8, 4) is 11.6 Å². The van der Waals surface area contributed by atoms with Crippen LogP contribution in [0.4, 0.5) is 5.95 Å². The maximum atomic E-state index is 11.6. The summed E-state index contributed by atoms with van der Waals surface area (Å²) in [5, 5.41) is 20.2. The molecule has 0 aliphatic rings. The third kappa shape index (κ3) is 2.46. The normalized spacial score (nSPS) is 10.5. The Bertz CT molecular complexity index is 656. The Labute approximate surface area is 105 Å². The minimum atomic E-state index is -0.347. The summed E-state index contributed by atoms with van der Waals surface area (Å²) in [6.07, 6.45) is 2.80. The summed E-state index contributed by atoms with van der Waals surface area (Å²) in [6, 6.07) is 3.42. The van der Waals surface area contributed by atoms with Crippen molar-refractivity contribution in [3.05, 3.63) is 24.7 Å². The summed E-state index contributed by atoms with van der Waals surface area (Å²) in [7, 11) is 0. The fourth-order valence-electron chi connectivity index (χ4n) is 1.38. The van der Waals surface area contributed by atoms with Crippen LogP contribution in [0.2, 0.25) is 0 Å². The molecule has 0 bridgehead atoms. The van der Waals surface area contributed by atoms with Crippen LogP contribution in [0.3, 0.4) is 0 Å². The number of nitrogens with zero attached hydrogens (tertiary/aromatic N) is 6. The van der Waals surface area contributed by atoms with Crippen molar-refractivity contribution in [1.82, 2.24) is 35.4 Å². The van der Waals surface area contributed by atoms with Gasteiger partial charge in [-0.15, -0.1) is 10.2 Å². The van der Waals surface area contributed by atoms with Crippen LogP contribution < -0.4 is 5.32 Å². The number of amides is 1. The molecule has 0 aromatic carbocycles. The van der Waals surface area contributed by atoms with Gasteiger partial charge in [-0.25, -0.2) is 5.10 Å². The average molecular weight is 260 g/mol. The second kappa shape index (κ2) is 4.68. The van der Waals surface area contributed by atoms with Crippen LogP contribution in [-0.4, -0.2) is 41.3 Å². The molecule has 0 saturated heterocycles. The minimum absolute atomic E-state index is 0.0889. The molecule has 10 nitrogen and oxygen atoms in total. The summed E-state index contributed by atoms with van der Waals surface area (Å²) in [6.45, 7) is -0.0889. The number of hydrogen-bond donors (Lipinski definition) is 2. The molecule has 0 atom stereocenters. The highest BCUT2D eigenvalue weighted by Gasteiger charge is 2.11. The van der Waals surface area contributed by atoms with Crippen LogP contribution >= 0.6 is 0 Å². The largest absolute Gasteiger partial charge is 0.461 e. The van der Waals surface area contributed by atoms with Crippen molar-refractivity contribution >= 4 is 11.9 Å². The number of hydrogen-bond acceptors (Lipinski definition) is 7. The topological polar surface area (TPSA) is 127 Å². The van der Waals surface area contributed by atoms with E-state index in [-0.39, 0.29) is 18.4 Å². The molecule has 1 amide bonds. The highest BCUT2D eigenvalue weighted by atomic mass is 16.3. The molecule has 0 aliphatic heterocycles. The first-order valence-corrected chi connectivity index (χ1v) is 5.28. The maximum Gasteiger partial charge on any atom is 0.250 e. The Hall–Kier alpha value is -3.04. The Morgan fingerprint density at radius 1 is 1.53 bits per heavy atom. The number of tetrazole rings is 1. The molecule has 0 aliphatic carbocycles. The van der Waals surface area contributed by atoms with Gasteiger partial charge in [-0.05, 0) is 17.3 Å². The van der Waals surface area contributed by atoms with Gasteiger partial charge in [-0.2, -0.15) is 14.9 Å². The van der Waals surface area contributed by atoms with E-state index in [1.165, 1.54) is 12.6 Å². The van der Waals surface area contributed by atoms with Crippen LogP contribution in [0, 0.1) is 0 Å². The Kier molecular flexibility index (Phi) is 2.73. The van der Waals surface area contributed by atoms with Gasteiger partial charge in [-0.3, -0.25) is 10.1 Å². The molecule has 0 saturated carbocycles. The smallest absolute Gasteiger partial charge is 0.250 e. The van der Waals surface area contributed by atoms with E-state index < -0.39 is 0 Å². The predicted octanol–water partition coefficient (Wildman–Crippen LogP) is -0.310. The van der Waals surface area contributed by atoms with Gasteiger partial charge < -0.3 is 4.42 Å². The molecule has 10 heteroatoms. The number of anilines is 1. The van der Waals surface area contributed by atoms with Gasteiger partial charge in [0.05, 0.1) is 6.26 Å². The Balaban J connectivity index is 1.65. The van der Waals surface area contributed by atoms with E-state index in [0.717, 1.165) is 4.80 Å². The summed E-state index contributed by atoms with van der Waals surface area (Å²) in [5.74, 6) is 0.718. The number of nitrogens with one attached hydrogen (secondary N) is 2. The summed E-state index contributed by atoms with van der Waals surface area (Å²) in [5.41, 5.74) is 0. The number of rotatable bonds is 4.